The average molecular weight is 589 g/mol. The van der Waals surface area contributed by atoms with Crippen LogP contribution >= 0.6 is 15.6 Å². The third kappa shape index (κ3) is 5.83. The van der Waals surface area contributed by atoms with Gasteiger partial charge in [0, 0.05) is 0 Å². The summed E-state index contributed by atoms with van der Waals surface area (Å²) in [6.07, 6.45) is -13.8. The first-order chi connectivity index (χ1) is 17.6. The van der Waals surface area contributed by atoms with Gasteiger partial charge in [-0.3, -0.25) is 23.4 Å². The van der Waals surface area contributed by atoms with Gasteiger partial charge >= 0.3 is 15.6 Å². The topological polar surface area (TPSA) is 311 Å². The zero-order valence-corrected chi connectivity index (χ0v) is 21.0. The van der Waals surface area contributed by atoms with Gasteiger partial charge in [0.25, 0.3) is 5.56 Å². The second-order valence-electron chi connectivity index (χ2n) is 8.42. The van der Waals surface area contributed by atoms with E-state index >= 15 is 0 Å². The average Bonchev–Trinajstić information content (AvgIpc) is 3.35. The number of nitrogens with zero attached hydrogens (tertiary/aromatic N) is 3. The van der Waals surface area contributed by atoms with Crippen LogP contribution < -0.4 is 11.3 Å². The number of rotatable bonds is 8. The fraction of sp³-hybridized carbons (Fsp3) is 0.688. The van der Waals surface area contributed by atoms with Crippen molar-refractivity contribution in [3.8, 4) is 0 Å². The summed E-state index contributed by atoms with van der Waals surface area (Å²) in [6.45, 7) is 0.291. The molecular weight excluding hydrogens is 564 g/mol. The normalized spacial score (nSPS) is 37.2. The summed E-state index contributed by atoms with van der Waals surface area (Å²) in [7, 11) is -10.9. The molecule has 3 unspecified atom stereocenters. The number of imidazole rings is 1. The molecule has 0 radical (unpaired) electrons. The lowest BCUT2D eigenvalue weighted by Crippen LogP contribution is -2.57. The van der Waals surface area contributed by atoms with Gasteiger partial charge in [0.2, 0.25) is 5.95 Å². The van der Waals surface area contributed by atoms with Crippen molar-refractivity contribution in [2.75, 3.05) is 12.3 Å². The molecular formula is C16H25N5O15P2. The molecule has 2 fully saturated rings. The van der Waals surface area contributed by atoms with Crippen molar-refractivity contribution in [1.29, 1.82) is 0 Å². The molecule has 22 heteroatoms. The van der Waals surface area contributed by atoms with E-state index in [1.807, 2.05) is 0 Å². The Labute approximate surface area is 211 Å². The van der Waals surface area contributed by atoms with Gasteiger partial charge in [0.05, 0.1) is 19.0 Å². The molecule has 20 nitrogen and oxygen atoms in total. The van der Waals surface area contributed by atoms with Gasteiger partial charge < -0.3 is 50.5 Å². The number of H-pyrrole nitrogens is 1. The highest BCUT2D eigenvalue weighted by molar-refractivity contribution is 7.61. The van der Waals surface area contributed by atoms with E-state index in [-0.39, 0.29) is 17.1 Å². The number of aliphatic hydroxyl groups excluding tert-OH is 5. The zero-order valence-electron chi connectivity index (χ0n) is 19.2. The number of aromatic amines is 1. The van der Waals surface area contributed by atoms with Crippen molar-refractivity contribution >= 4 is 32.8 Å². The summed E-state index contributed by atoms with van der Waals surface area (Å²) in [5.74, 6) is -0.266. The van der Waals surface area contributed by atoms with Crippen molar-refractivity contribution in [3.05, 3.63) is 16.7 Å². The monoisotopic (exact) mass is 589 g/mol. The first kappa shape index (κ1) is 29.1. The fourth-order valence-electron chi connectivity index (χ4n) is 3.80. The third-order valence-electron chi connectivity index (χ3n) is 5.72. The molecule has 4 rings (SSSR count). The third-order valence-corrected chi connectivity index (χ3v) is 8.32. The molecule has 2 aliphatic rings. The Morgan fingerprint density at radius 3 is 2.42 bits per heavy atom. The molecule has 2 aromatic rings. The van der Waals surface area contributed by atoms with Crippen LogP contribution in [0.2, 0.25) is 0 Å². The Morgan fingerprint density at radius 2 is 1.74 bits per heavy atom. The number of aromatic nitrogens is 4. The van der Waals surface area contributed by atoms with E-state index in [1.54, 1.807) is 0 Å². The number of nitrogen functional groups attached to an aromatic ring is 1. The van der Waals surface area contributed by atoms with E-state index in [0.717, 1.165) is 10.9 Å². The van der Waals surface area contributed by atoms with Crippen LogP contribution in [0.15, 0.2) is 11.1 Å². The van der Waals surface area contributed by atoms with E-state index in [1.165, 1.54) is 6.92 Å². The summed E-state index contributed by atoms with van der Waals surface area (Å²) in [5, 5.41) is 50.0. The second kappa shape index (κ2) is 10.6. The zero-order chi connectivity index (χ0) is 28.2. The van der Waals surface area contributed by atoms with Crippen LogP contribution in [0.25, 0.3) is 11.2 Å². The number of ether oxygens (including phenoxy) is 2. The second-order valence-corrected chi connectivity index (χ2v) is 11.4. The molecule has 11 atom stereocenters. The lowest BCUT2D eigenvalue weighted by molar-refractivity contribution is -0.271. The van der Waals surface area contributed by atoms with Crippen molar-refractivity contribution in [2.45, 2.75) is 62.2 Å². The van der Waals surface area contributed by atoms with Crippen LogP contribution in [0.1, 0.15) is 13.2 Å². The van der Waals surface area contributed by atoms with Gasteiger partial charge in [-0.15, -0.1) is 0 Å². The molecule has 2 aliphatic heterocycles. The largest absolute Gasteiger partial charge is 0.483 e. The predicted molar refractivity (Wildman–Crippen MR) is 119 cm³/mol. The molecule has 0 saturated carbocycles. The number of phosphoric ester groups is 2. The lowest BCUT2D eigenvalue weighted by atomic mass is 10.0. The Balaban J connectivity index is 1.39. The van der Waals surface area contributed by atoms with Crippen LogP contribution in [-0.4, -0.2) is 110 Å². The van der Waals surface area contributed by atoms with Gasteiger partial charge in [-0.2, -0.15) is 9.29 Å². The molecule has 0 aliphatic carbocycles. The maximum Gasteiger partial charge on any atom is 0.483 e. The minimum atomic E-state index is -5.50. The van der Waals surface area contributed by atoms with Gasteiger partial charge in [-0.1, -0.05) is 0 Å². The number of fused-ring (bicyclic) bond motifs is 1. The van der Waals surface area contributed by atoms with Crippen LogP contribution in [0, 0.1) is 0 Å². The van der Waals surface area contributed by atoms with Gasteiger partial charge in [-0.25, -0.2) is 14.1 Å². The van der Waals surface area contributed by atoms with Crippen LogP contribution in [0.5, 0.6) is 0 Å². The summed E-state index contributed by atoms with van der Waals surface area (Å²) < 4.78 is 49.3. The Morgan fingerprint density at radius 1 is 1.05 bits per heavy atom. The maximum absolute atomic E-state index is 12.3. The molecule has 2 saturated heterocycles. The number of phosphoric acid groups is 2. The quantitative estimate of drug-likeness (QED) is 0.134. The number of aliphatic hydroxyl groups is 5. The van der Waals surface area contributed by atoms with Crippen molar-refractivity contribution in [2.24, 2.45) is 0 Å². The maximum atomic E-state index is 12.3. The summed E-state index contributed by atoms with van der Waals surface area (Å²) in [5.41, 5.74) is 4.59. The molecule has 214 valence electrons. The highest BCUT2D eigenvalue weighted by atomic mass is 31.3. The molecule has 0 bridgehead atoms. The molecule has 0 aromatic carbocycles. The smallest absolute Gasteiger partial charge is 0.388 e. The highest BCUT2D eigenvalue weighted by Crippen LogP contribution is 2.61. The lowest BCUT2D eigenvalue weighted by Gasteiger charge is -2.38. The number of hydrogen-bond acceptors (Lipinski definition) is 16. The molecule has 2 aromatic heterocycles. The molecule has 4 heterocycles. The highest BCUT2D eigenvalue weighted by Gasteiger charge is 2.49. The summed E-state index contributed by atoms with van der Waals surface area (Å²) in [6, 6.07) is 0. The van der Waals surface area contributed by atoms with Crippen LogP contribution in [0.4, 0.5) is 5.95 Å². The van der Waals surface area contributed by atoms with Gasteiger partial charge in [0.15, 0.2) is 23.7 Å². The van der Waals surface area contributed by atoms with Gasteiger partial charge in [0.1, 0.15) is 36.6 Å². The predicted octanol–water partition coefficient (Wildman–Crippen LogP) is -3.60. The number of hydrogen-bond donors (Lipinski definition) is 9. The Kier molecular flexibility index (Phi) is 8.12. The minimum absolute atomic E-state index is 0.0994. The van der Waals surface area contributed by atoms with Crippen LogP contribution in [-0.2, 0) is 32.0 Å². The van der Waals surface area contributed by atoms with Crippen molar-refractivity contribution < 1.29 is 67.3 Å². The Bertz CT molecular complexity index is 1320. The standard InChI is InChI=1S/C16H25N5O15P2/c1-4-7(22)9(24)11(26)15(33-4)35-38(30,31)36-37(28,29)32-2-5-8(23)10(25)14(34-5)21-3-18-6-12(21)19-16(17)20-13(6)27/h3-5,7-11,14-15,22-26H,2H2,1H3,(H,28,29)(H,30,31)(H3,17,19,20,27)/t4-,5-,7-,8-,9+,10-,11+,14-,15?/m1/s1. The van der Waals surface area contributed by atoms with E-state index in [0.29, 0.717) is 0 Å². The van der Waals surface area contributed by atoms with E-state index in [2.05, 4.69) is 28.3 Å². The number of nitrogens with one attached hydrogen (secondary N) is 1. The fourth-order valence-corrected chi connectivity index (χ4v) is 5.96. The minimum Gasteiger partial charge on any atom is -0.388 e. The first-order valence-electron chi connectivity index (χ1n) is 10.7. The van der Waals surface area contributed by atoms with E-state index in [4.69, 9.17) is 15.2 Å². The number of nitrogens with two attached hydrogens (primary N) is 1. The van der Waals surface area contributed by atoms with E-state index in [9.17, 15) is 49.2 Å². The summed E-state index contributed by atoms with van der Waals surface area (Å²) >= 11 is 0. The molecule has 0 amide bonds. The van der Waals surface area contributed by atoms with Crippen molar-refractivity contribution in [3.63, 3.8) is 0 Å². The number of anilines is 1. The van der Waals surface area contributed by atoms with E-state index < -0.39 is 83.1 Å². The SMILES string of the molecule is C[C@H]1OC(OP(=O)(O)OP(=O)(O)OC[C@H]2O[C@@H](n3cnc4c(=O)[nH]c(N)nc43)[C@H](O)[C@@H]2O)[C@@H](O)[C@@H](O)[C@@H]1O. The molecule has 10 N–H and O–H groups in total. The van der Waals surface area contributed by atoms with Gasteiger partial charge in [-0.05, 0) is 6.92 Å². The van der Waals surface area contributed by atoms with Crippen molar-refractivity contribution in [1.82, 2.24) is 19.5 Å². The Hall–Kier alpha value is -1.87. The molecule has 0 spiro atoms. The molecule has 38 heavy (non-hydrogen) atoms. The first-order valence-corrected chi connectivity index (χ1v) is 13.7. The van der Waals surface area contributed by atoms with Crippen LogP contribution in [0.3, 0.4) is 0 Å². The summed E-state index contributed by atoms with van der Waals surface area (Å²) in [4.78, 5) is 41.7.